The molecule has 2 unspecified atom stereocenters. The van der Waals surface area contributed by atoms with Crippen LogP contribution in [0.2, 0.25) is 0 Å². The van der Waals surface area contributed by atoms with Gasteiger partial charge in [-0.2, -0.15) is 5.26 Å². The van der Waals surface area contributed by atoms with E-state index >= 15 is 0 Å². The number of ether oxygens (including phenoxy) is 1. The molecule has 0 aromatic rings. The summed E-state index contributed by atoms with van der Waals surface area (Å²) in [4.78, 5) is 0. The van der Waals surface area contributed by atoms with Gasteiger partial charge in [0.25, 0.3) is 0 Å². The number of hydrogen-bond acceptors (Lipinski definition) is 3. The summed E-state index contributed by atoms with van der Waals surface area (Å²) in [6.07, 6.45) is 0.768. The zero-order chi connectivity index (χ0) is 7.61. The highest BCUT2D eigenvalue weighted by molar-refractivity contribution is 5.04. The molecule has 0 aliphatic carbocycles. The second-order valence-corrected chi connectivity index (χ2v) is 2.78. The van der Waals surface area contributed by atoms with Crippen LogP contribution in [0.1, 0.15) is 13.3 Å². The summed E-state index contributed by atoms with van der Waals surface area (Å²) in [5.74, 6) is 0.0336. The molecule has 0 bridgehead atoms. The highest BCUT2D eigenvalue weighted by atomic mass is 16.5. The lowest BCUT2D eigenvalue weighted by Crippen LogP contribution is -2.43. The molecule has 1 aliphatic rings. The van der Waals surface area contributed by atoms with Gasteiger partial charge in [-0.05, 0) is 6.42 Å². The second-order valence-electron chi connectivity index (χ2n) is 2.78. The van der Waals surface area contributed by atoms with Gasteiger partial charge in [0.2, 0.25) is 0 Å². The third-order valence-corrected chi connectivity index (χ3v) is 2.03. The lowest BCUT2D eigenvalue weighted by Gasteiger charge is -2.31. The van der Waals surface area contributed by atoms with E-state index in [4.69, 9.17) is 10.00 Å². The molecule has 1 N–H and O–H groups in total. The lowest BCUT2D eigenvalue weighted by atomic mass is 9.87. The molecule has 1 heterocycles. The molecular weight excluding hydrogens is 130 g/mol. The Morgan fingerprint density at radius 3 is 2.90 bits per heavy atom. The maximum atomic E-state index is 9.46. The van der Waals surface area contributed by atoms with Crippen molar-refractivity contribution in [2.45, 2.75) is 18.9 Å². The maximum Gasteiger partial charge on any atom is 0.176 e. The zero-order valence-corrected chi connectivity index (χ0v) is 6.00. The van der Waals surface area contributed by atoms with Crippen LogP contribution in [0, 0.1) is 17.2 Å². The van der Waals surface area contributed by atoms with E-state index in [0.717, 1.165) is 6.42 Å². The van der Waals surface area contributed by atoms with Crippen molar-refractivity contribution in [3.63, 3.8) is 0 Å². The Morgan fingerprint density at radius 2 is 2.50 bits per heavy atom. The van der Waals surface area contributed by atoms with Crippen molar-refractivity contribution in [3.05, 3.63) is 0 Å². The second kappa shape index (κ2) is 2.57. The largest absolute Gasteiger partial charge is 0.377 e. The van der Waals surface area contributed by atoms with E-state index in [2.05, 4.69) is 0 Å². The molecule has 0 radical (unpaired) electrons. The van der Waals surface area contributed by atoms with E-state index < -0.39 is 5.60 Å². The molecule has 0 aromatic heterocycles. The maximum absolute atomic E-state index is 9.46. The van der Waals surface area contributed by atoms with E-state index in [0.29, 0.717) is 6.61 Å². The number of rotatable bonds is 0. The normalized spacial score (nSPS) is 40.7. The molecule has 0 spiro atoms. The molecule has 1 saturated heterocycles. The number of aliphatic hydroxyl groups is 1. The first kappa shape index (κ1) is 7.52. The van der Waals surface area contributed by atoms with Crippen LogP contribution in [-0.4, -0.2) is 23.9 Å². The Hall–Kier alpha value is -0.590. The Morgan fingerprint density at radius 1 is 1.80 bits per heavy atom. The first-order valence-corrected chi connectivity index (χ1v) is 3.40. The van der Waals surface area contributed by atoms with Gasteiger partial charge in [-0.1, -0.05) is 6.92 Å². The lowest BCUT2D eigenvalue weighted by molar-refractivity contribution is -0.0836. The van der Waals surface area contributed by atoms with Gasteiger partial charge in [0.05, 0.1) is 6.61 Å². The third-order valence-electron chi connectivity index (χ3n) is 2.03. The fourth-order valence-electron chi connectivity index (χ4n) is 1.01. The van der Waals surface area contributed by atoms with Crippen LogP contribution in [0.5, 0.6) is 0 Å². The van der Waals surface area contributed by atoms with Crippen molar-refractivity contribution >= 4 is 0 Å². The molecule has 1 aliphatic heterocycles. The van der Waals surface area contributed by atoms with Gasteiger partial charge in [-0.3, -0.25) is 0 Å². The quantitative estimate of drug-likeness (QED) is 0.493. The van der Waals surface area contributed by atoms with Gasteiger partial charge < -0.3 is 9.84 Å². The van der Waals surface area contributed by atoms with Gasteiger partial charge in [0.15, 0.2) is 5.60 Å². The Bertz CT molecular complexity index is 163. The van der Waals surface area contributed by atoms with Crippen molar-refractivity contribution in [2.24, 2.45) is 5.92 Å². The molecule has 0 saturated carbocycles. The Balaban J connectivity index is 2.65. The number of hydrogen-bond donors (Lipinski definition) is 1. The topological polar surface area (TPSA) is 53.2 Å². The van der Waals surface area contributed by atoms with E-state index in [-0.39, 0.29) is 12.5 Å². The molecule has 56 valence electrons. The van der Waals surface area contributed by atoms with Crippen LogP contribution in [0.25, 0.3) is 0 Å². The minimum absolute atomic E-state index is 0.0336. The smallest absolute Gasteiger partial charge is 0.176 e. The van der Waals surface area contributed by atoms with E-state index in [9.17, 15) is 5.11 Å². The van der Waals surface area contributed by atoms with E-state index in [1.54, 1.807) is 0 Å². The van der Waals surface area contributed by atoms with Crippen LogP contribution in [0.15, 0.2) is 0 Å². The van der Waals surface area contributed by atoms with Gasteiger partial charge in [-0.15, -0.1) is 0 Å². The zero-order valence-electron chi connectivity index (χ0n) is 6.00. The van der Waals surface area contributed by atoms with E-state index in [1.165, 1.54) is 0 Å². The average molecular weight is 141 g/mol. The first-order valence-electron chi connectivity index (χ1n) is 3.40. The molecule has 1 fully saturated rings. The first-order chi connectivity index (χ1) is 4.69. The predicted molar refractivity (Wildman–Crippen MR) is 35.2 cm³/mol. The Kier molecular flexibility index (Phi) is 1.93. The summed E-state index contributed by atoms with van der Waals surface area (Å²) in [6.45, 7) is 2.68. The van der Waals surface area contributed by atoms with Crippen LogP contribution in [0.3, 0.4) is 0 Å². The Labute approximate surface area is 60.2 Å². The fourth-order valence-corrected chi connectivity index (χ4v) is 1.01. The number of nitrogens with zero attached hydrogens (tertiary/aromatic N) is 1. The van der Waals surface area contributed by atoms with Crippen molar-refractivity contribution in [2.75, 3.05) is 13.2 Å². The average Bonchev–Trinajstić information content (AvgIpc) is 1.96. The molecule has 0 aromatic carbocycles. The summed E-state index contributed by atoms with van der Waals surface area (Å²) in [7, 11) is 0. The van der Waals surface area contributed by atoms with Gasteiger partial charge in [-0.25, -0.2) is 0 Å². The summed E-state index contributed by atoms with van der Waals surface area (Å²) in [6, 6.07) is 1.86. The van der Waals surface area contributed by atoms with Crippen LogP contribution < -0.4 is 0 Å². The SMILES string of the molecule is CC1CCOCC1(O)C#N. The summed E-state index contributed by atoms with van der Waals surface area (Å²) in [5.41, 5.74) is -1.24. The van der Waals surface area contributed by atoms with Crippen molar-refractivity contribution in [1.29, 1.82) is 5.26 Å². The minimum Gasteiger partial charge on any atom is -0.377 e. The van der Waals surface area contributed by atoms with Crippen molar-refractivity contribution in [1.82, 2.24) is 0 Å². The highest BCUT2D eigenvalue weighted by Crippen LogP contribution is 2.24. The predicted octanol–water partition coefficient (Wildman–Crippen LogP) is 0.297. The minimum atomic E-state index is -1.24. The van der Waals surface area contributed by atoms with Crippen LogP contribution in [-0.2, 0) is 4.74 Å². The molecule has 3 nitrogen and oxygen atoms in total. The van der Waals surface area contributed by atoms with Gasteiger partial charge in [0, 0.05) is 12.5 Å². The van der Waals surface area contributed by atoms with Crippen molar-refractivity contribution in [3.8, 4) is 6.07 Å². The van der Waals surface area contributed by atoms with E-state index in [1.807, 2.05) is 13.0 Å². The molecule has 1 rings (SSSR count). The third kappa shape index (κ3) is 1.13. The fraction of sp³-hybridized carbons (Fsp3) is 0.857. The molecule has 3 heteroatoms. The molecule has 10 heavy (non-hydrogen) atoms. The standard InChI is InChI=1S/C7H11NO2/c1-6-2-3-10-5-7(6,9)4-8/h6,9H,2-3,5H2,1H3. The van der Waals surface area contributed by atoms with Crippen molar-refractivity contribution < 1.29 is 9.84 Å². The molecule has 0 amide bonds. The van der Waals surface area contributed by atoms with Gasteiger partial charge >= 0.3 is 0 Å². The van der Waals surface area contributed by atoms with Gasteiger partial charge in [0.1, 0.15) is 6.07 Å². The summed E-state index contributed by atoms with van der Waals surface area (Å²) in [5, 5.41) is 18.0. The summed E-state index contributed by atoms with van der Waals surface area (Å²) >= 11 is 0. The highest BCUT2D eigenvalue weighted by Gasteiger charge is 2.36. The monoisotopic (exact) mass is 141 g/mol. The van der Waals surface area contributed by atoms with Crippen LogP contribution >= 0.6 is 0 Å². The molecule has 2 atom stereocenters. The summed E-state index contributed by atoms with van der Waals surface area (Å²) < 4.78 is 4.97. The van der Waals surface area contributed by atoms with Crippen LogP contribution in [0.4, 0.5) is 0 Å². The number of nitriles is 1. The molecular formula is C7H11NO2.